The van der Waals surface area contributed by atoms with Gasteiger partial charge in [-0.25, -0.2) is 4.39 Å². The lowest BCUT2D eigenvalue weighted by molar-refractivity contribution is -0.136. The molecule has 136 valence electrons. The number of aliphatic hydroxyl groups excluding tert-OH is 1. The van der Waals surface area contributed by atoms with Gasteiger partial charge in [-0.05, 0) is 52.4 Å². The van der Waals surface area contributed by atoms with Crippen LogP contribution in [-0.4, -0.2) is 22.8 Å². The number of aliphatic hydroxyl groups is 1. The summed E-state index contributed by atoms with van der Waals surface area (Å²) < 4.78 is 25.8. The number of aliphatic carboxylic acids is 1. The summed E-state index contributed by atoms with van der Waals surface area (Å²) in [6.45, 7) is 0.181. The molecule has 1 aromatic heterocycles. The molecule has 3 rings (SSSR count). The number of furan rings is 1. The molecule has 3 aromatic rings. The molecule has 0 aliphatic heterocycles. The molecule has 0 spiro atoms. The molecule has 5 nitrogen and oxygen atoms in total. The molecule has 0 radical (unpaired) electrons. The third-order valence-corrected chi connectivity index (χ3v) is 4.61. The van der Waals surface area contributed by atoms with E-state index in [2.05, 4.69) is 22.6 Å². The molecule has 7 heteroatoms. The van der Waals surface area contributed by atoms with Gasteiger partial charge in [-0.15, -0.1) is 0 Å². The van der Waals surface area contributed by atoms with Crippen LogP contribution in [0.15, 0.2) is 40.8 Å². The first-order valence-corrected chi connectivity index (χ1v) is 8.99. The van der Waals surface area contributed by atoms with Crippen LogP contribution in [0.3, 0.4) is 0 Å². The first-order valence-electron chi connectivity index (χ1n) is 7.91. The smallest absolute Gasteiger partial charge is 0.307 e. The number of hydrogen-bond donors (Lipinski definition) is 2. The lowest BCUT2D eigenvalue weighted by Crippen LogP contribution is -2.04. The fourth-order valence-electron chi connectivity index (χ4n) is 2.67. The molecule has 2 N–H and O–H groups in total. The zero-order valence-electron chi connectivity index (χ0n) is 13.7. The number of ether oxygens (including phenoxy) is 1. The lowest BCUT2D eigenvalue weighted by atomic mass is 10.1. The zero-order valence-corrected chi connectivity index (χ0v) is 15.8. The van der Waals surface area contributed by atoms with E-state index < -0.39 is 11.8 Å². The normalized spacial score (nSPS) is 11.0. The molecule has 0 aliphatic carbocycles. The summed E-state index contributed by atoms with van der Waals surface area (Å²) in [5.74, 6) is -0.571. The third-order valence-electron chi connectivity index (χ3n) is 3.81. The van der Waals surface area contributed by atoms with Crippen LogP contribution in [0.2, 0.25) is 0 Å². The van der Waals surface area contributed by atoms with Crippen molar-refractivity contribution in [2.75, 3.05) is 6.61 Å². The van der Waals surface area contributed by atoms with Gasteiger partial charge in [-0.3, -0.25) is 4.79 Å². The Morgan fingerprint density at radius 3 is 2.77 bits per heavy atom. The Bertz CT molecular complexity index is 950. The fourth-order valence-corrected chi connectivity index (χ4v) is 3.49. The van der Waals surface area contributed by atoms with E-state index in [1.807, 2.05) is 18.2 Å². The highest BCUT2D eigenvalue weighted by molar-refractivity contribution is 14.1. The van der Waals surface area contributed by atoms with Crippen LogP contribution in [-0.2, 0) is 24.2 Å². The molecule has 0 bridgehead atoms. The average molecular weight is 470 g/mol. The van der Waals surface area contributed by atoms with E-state index in [-0.39, 0.29) is 25.4 Å². The molecular formula is C19H16FIO5. The van der Waals surface area contributed by atoms with Crippen molar-refractivity contribution in [1.82, 2.24) is 0 Å². The number of rotatable bonds is 7. The highest BCUT2D eigenvalue weighted by atomic mass is 127. The van der Waals surface area contributed by atoms with Crippen LogP contribution < -0.4 is 4.74 Å². The fraction of sp³-hybridized carbons (Fsp3) is 0.211. The molecule has 2 aromatic carbocycles. The van der Waals surface area contributed by atoms with E-state index in [4.69, 9.17) is 19.4 Å². The summed E-state index contributed by atoms with van der Waals surface area (Å²) in [5, 5.41) is 18.9. The van der Waals surface area contributed by atoms with Crippen molar-refractivity contribution in [2.45, 2.75) is 19.4 Å². The van der Waals surface area contributed by atoms with Gasteiger partial charge in [0.2, 0.25) is 0 Å². The summed E-state index contributed by atoms with van der Waals surface area (Å²) in [5.41, 5.74) is 2.02. The topological polar surface area (TPSA) is 79.9 Å². The van der Waals surface area contributed by atoms with Crippen LogP contribution in [0, 0.1) is 9.39 Å². The maximum Gasteiger partial charge on any atom is 0.307 e. The summed E-state index contributed by atoms with van der Waals surface area (Å²) in [6.07, 6.45) is 0.205. The van der Waals surface area contributed by atoms with Crippen molar-refractivity contribution in [3.05, 3.63) is 62.7 Å². The van der Waals surface area contributed by atoms with Crippen LogP contribution in [0.25, 0.3) is 11.0 Å². The molecule has 0 fully saturated rings. The minimum Gasteiger partial charge on any atom is -0.488 e. The second-order valence-electron chi connectivity index (χ2n) is 5.79. The van der Waals surface area contributed by atoms with Gasteiger partial charge in [0.05, 0.1) is 16.6 Å². The van der Waals surface area contributed by atoms with Crippen molar-refractivity contribution >= 4 is 39.5 Å². The summed E-state index contributed by atoms with van der Waals surface area (Å²) >= 11 is 2.16. The number of carboxylic acid groups (broad SMARTS) is 1. The summed E-state index contributed by atoms with van der Waals surface area (Å²) in [7, 11) is 0. The number of hydrogen-bond acceptors (Lipinski definition) is 4. The lowest BCUT2D eigenvalue weighted by Gasteiger charge is -2.11. The van der Waals surface area contributed by atoms with Crippen LogP contribution >= 0.6 is 22.6 Å². The Hall–Kier alpha value is -2.13. The van der Waals surface area contributed by atoms with Crippen molar-refractivity contribution in [2.24, 2.45) is 0 Å². The molecule has 0 saturated heterocycles. The summed E-state index contributed by atoms with van der Waals surface area (Å²) in [4.78, 5) is 10.9. The second kappa shape index (κ2) is 8.05. The maximum atomic E-state index is 13.5. The van der Waals surface area contributed by atoms with E-state index in [0.29, 0.717) is 17.7 Å². The Morgan fingerprint density at radius 1 is 1.23 bits per heavy atom. The Balaban J connectivity index is 1.83. The van der Waals surface area contributed by atoms with Gasteiger partial charge in [0.15, 0.2) is 0 Å². The molecule has 26 heavy (non-hydrogen) atoms. The first kappa shape index (κ1) is 18.7. The monoisotopic (exact) mass is 470 g/mol. The largest absolute Gasteiger partial charge is 0.488 e. The maximum absolute atomic E-state index is 13.5. The third kappa shape index (κ3) is 4.34. The average Bonchev–Trinajstić information content (AvgIpc) is 2.98. The van der Waals surface area contributed by atoms with Gasteiger partial charge in [0.25, 0.3) is 0 Å². The van der Waals surface area contributed by atoms with Crippen molar-refractivity contribution in [3.63, 3.8) is 0 Å². The van der Waals surface area contributed by atoms with Gasteiger partial charge >= 0.3 is 5.97 Å². The molecule has 0 saturated carbocycles. The Morgan fingerprint density at radius 2 is 2.04 bits per heavy atom. The van der Waals surface area contributed by atoms with Crippen molar-refractivity contribution < 1.29 is 28.6 Å². The minimum atomic E-state index is -1.01. The van der Waals surface area contributed by atoms with E-state index in [0.717, 1.165) is 20.1 Å². The molecule has 0 aliphatic rings. The number of carbonyl (C=O) groups is 1. The molecule has 0 amide bonds. The van der Waals surface area contributed by atoms with Gasteiger partial charge < -0.3 is 19.4 Å². The number of carboxylic acids is 1. The summed E-state index contributed by atoms with van der Waals surface area (Å²) in [6, 6.07) is 9.49. The van der Waals surface area contributed by atoms with Crippen LogP contribution in [0.1, 0.15) is 16.9 Å². The number of fused-ring (bicyclic) bond motifs is 1. The number of halogens is 2. The zero-order chi connectivity index (χ0) is 18.7. The van der Waals surface area contributed by atoms with Crippen LogP contribution in [0.4, 0.5) is 4.39 Å². The predicted molar refractivity (Wildman–Crippen MR) is 102 cm³/mol. The Labute approximate surface area is 162 Å². The predicted octanol–water partition coefficient (Wildman–Crippen LogP) is 3.92. The van der Waals surface area contributed by atoms with Gasteiger partial charge in [0.1, 0.15) is 29.5 Å². The highest BCUT2D eigenvalue weighted by Crippen LogP contribution is 2.28. The Kier molecular flexibility index (Phi) is 5.77. The van der Waals surface area contributed by atoms with E-state index >= 15 is 0 Å². The van der Waals surface area contributed by atoms with E-state index in [9.17, 15) is 9.18 Å². The SMILES string of the molecule is O=C(O)Cc1ccc(F)cc1OCc1cc(I)c2oc(CCO)cc2c1. The van der Waals surface area contributed by atoms with E-state index in [1.54, 1.807) is 0 Å². The second-order valence-corrected chi connectivity index (χ2v) is 6.96. The van der Waals surface area contributed by atoms with E-state index in [1.165, 1.54) is 18.2 Å². The highest BCUT2D eigenvalue weighted by Gasteiger charge is 2.12. The first-order chi connectivity index (χ1) is 12.5. The van der Waals surface area contributed by atoms with Crippen LogP contribution in [0.5, 0.6) is 5.75 Å². The quantitative estimate of drug-likeness (QED) is 0.512. The standard InChI is InChI=1S/C19H16FIO5/c20-14-2-1-12(8-18(23)24)17(9-14)25-10-11-5-13-7-15(3-4-22)26-19(13)16(21)6-11/h1-2,5-7,9,22H,3-4,8,10H2,(H,23,24). The van der Waals surface area contributed by atoms with Crippen molar-refractivity contribution in [3.8, 4) is 5.75 Å². The molecular weight excluding hydrogens is 454 g/mol. The molecule has 0 unspecified atom stereocenters. The molecule has 1 heterocycles. The number of benzene rings is 2. The van der Waals surface area contributed by atoms with Gasteiger partial charge in [-0.1, -0.05) is 6.07 Å². The van der Waals surface area contributed by atoms with Gasteiger partial charge in [-0.2, -0.15) is 0 Å². The molecule has 0 atom stereocenters. The minimum absolute atomic E-state index is 0.0122. The van der Waals surface area contributed by atoms with Gasteiger partial charge in [0, 0.05) is 23.4 Å². The van der Waals surface area contributed by atoms with Crippen molar-refractivity contribution in [1.29, 1.82) is 0 Å².